The fourth-order valence-corrected chi connectivity index (χ4v) is 2.52. The van der Waals surface area contributed by atoms with Crippen LogP contribution in [0.4, 0.5) is 5.69 Å². The summed E-state index contributed by atoms with van der Waals surface area (Å²) in [6.07, 6.45) is 3.81. The van der Waals surface area contributed by atoms with Gasteiger partial charge in [-0.3, -0.25) is 10.1 Å². The summed E-state index contributed by atoms with van der Waals surface area (Å²) >= 11 is 0. The van der Waals surface area contributed by atoms with Crippen LogP contribution >= 0.6 is 0 Å². The molecular weight excluding hydrogens is 258 g/mol. The average Bonchev–Trinajstić information content (AvgIpc) is 2.97. The van der Waals surface area contributed by atoms with Crippen LogP contribution in [0.1, 0.15) is 12.8 Å². The summed E-state index contributed by atoms with van der Waals surface area (Å²) < 4.78 is 5.72. The Morgan fingerprint density at radius 3 is 3.10 bits per heavy atom. The molecule has 1 aliphatic heterocycles. The summed E-state index contributed by atoms with van der Waals surface area (Å²) in [7, 11) is 0. The fourth-order valence-electron chi connectivity index (χ4n) is 2.52. The molecule has 0 saturated carbocycles. The molecule has 104 valence electrons. The van der Waals surface area contributed by atoms with Crippen molar-refractivity contribution in [2.24, 2.45) is 0 Å². The molecule has 6 heteroatoms. The number of rotatable bonds is 4. The number of nitrogens with one attached hydrogen (secondary N) is 1. The first-order chi connectivity index (χ1) is 9.75. The number of hydrogen-bond acceptors (Lipinski definition) is 5. The van der Waals surface area contributed by atoms with Crippen LogP contribution in [0.3, 0.4) is 0 Å². The van der Waals surface area contributed by atoms with Gasteiger partial charge in [0.25, 0.3) is 5.69 Å². The van der Waals surface area contributed by atoms with E-state index in [1.54, 1.807) is 18.3 Å². The van der Waals surface area contributed by atoms with Crippen LogP contribution in [0.2, 0.25) is 0 Å². The van der Waals surface area contributed by atoms with Crippen LogP contribution in [-0.2, 0) is 0 Å². The summed E-state index contributed by atoms with van der Waals surface area (Å²) in [4.78, 5) is 14.9. The number of fused-ring (bicyclic) bond motifs is 1. The van der Waals surface area contributed by atoms with E-state index < -0.39 is 4.92 Å². The molecule has 1 atom stereocenters. The molecular formula is C14H15N3O3. The lowest BCUT2D eigenvalue weighted by Crippen LogP contribution is -2.28. The van der Waals surface area contributed by atoms with E-state index in [0.717, 1.165) is 24.8 Å². The van der Waals surface area contributed by atoms with Crippen LogP contribution in [0, 0.1) is 10.1 Å². The highest BCUT2D eigenvalue weighted by atomic mass is 16.6. The number of benzene rings is 1. The van der Waals surface area contributed by atoms with Gasteiger partial charge in [-0.15, -0.1) is 0 Å². The van der Waals surface area contributed by atoms with Crippen LogP contribution in [0.15, 0.2) is 30.5 Å². The Kier molecular flexibility index (Phi) is 3.47. The molecule has 6 nitrogen and oxygen atoms in total. The Morgan fingerprint density at radius 1 is 1.45 bits per heavy atom. The Balaban J connectivity index is 1.94. The highest BCUT2D eigenvalue weighted by Crippen LogP contribution is 2.32. The Bertz CT molecular complexity index is 633. The first-order valence-corrected chi connectivity index (χ1v) is 6.64. The van der Waals surface area contributed by atoms with E-state index in [1.165, 1.54) is 6.07 Å². The Labute approximate surface area is 115 Å². The Hall–Kier alpha value is -2.21. The van der Waals surface area contributed by atoms with Crippen LogP contribution < -0.4 is 10.1 Å². The Morgan fingerprint density at radius 2 is 2.35 bits per heavy atom. The lowest BCUT2D eigenvalue weighted by atomic mass is 10.1. The minimum atomic E-state index is -0.398. The van der Waals surface area contributed by atoms with Crippen molar-refractivity contribution in [3.05, 3.63) is 40.6 Å². The van der Waals surface area contributed by atoms with E-state index in [2.05, 4.69) is 10.3 Å². The number of pyridine rings is 1. The van der Waals surface area contributed by atoms with Gasteiger partial charge >= 0.3 is 0 Å². The zero-order valence-corrected chi connectivity index (χ0v) is 10.9. The maximum atomic E-state index is 11.1. The third kappa shape index (κ3) is 2.42. The molecule has 1 fully saturated rings. The van der Waals surface area contributed by atoms with E-state index >= 15 is 0 Å². The largest absolute Gasteiger partial charge is 0.475 e. The highest BCUT2D eigenvalue weighted by Gasteiger charge is 2.19. The van der Waals surface area contributed by atoms with E-state index in [9.17, 15) is 10.1 Å². The van der Waals surface area contributed by atoms with Gasteiger partial charge < -0.3 is 10.1 Å². The van der Waals surface area contributed by atoms with E-state index in [0.29, 0.717) is 23.9 Å². The van der Waals surface area contributed by atoms with Crippen molar-refractivity contribution < 1.29 is 9.66 Å². The standard InChI is InChI=1S/C14H15N3O3/c18-17(19)12-5-1-3-10-6-8-16-14(13(10)12)20-9-11-4-2-7-15-11/h1,3,5-6,8,11,15H,2,4,7,9H2. The molecule has 0 amide bonds. The number of nitrogens with zero attached hydrogens (tertiary/aromatic N) is 2. The number of non-ortho nitro benzene ring substituents is 1. The molecule has 2 heterocycles. The third-order valence-corrected chi connectivity index (χ3v) is 3.51. The molecule has 1 aliphatic rings. The molecule has 2 aromatic rings. The summed E-state index contributed by atoms with van der Waals surface area (Å²) in [5.41, 5.74) is 0.0324. The van der Waals surface area contributed by atoms with E-state index in [4.69, 9.17) is 4.74 Å². The molecule has 1 saturated heterocycles. The van der Waals surface area contributed by atoms with Gasteiger partial charge in [-0.05, 0) is 30.8 Å². The second-order valence-electron chi connectivity index (χ2n) is 4.85. The van der Waals surface area contributed by atoms with Gasteiger partial charge in [-0.25, -0.2) is 4.98 Å². The average molecular weight is 273 g/mol. The second kappa shape index (κ2) is 5.42. The van der Waals surface area contributed by atoms with E-state index in [-0.39, 0.29) is 5.69 Å². The molecule has 1 unspecified atom stereocenters. The van der Waals surface area contributed by atoms with Gasteiger partial charge in [0.2, 0.25) is 5.88 Å². The highest BCUT2D eigenvalue weighted by molar-refractivity contribution is 5.94. The lowest BCUT2D eigenvalue weighted by Gasteiger charge is -2.12. The number of hydrogen-bond donors (Lipinski definition) is 1. The first kappa shape index (κ1) is 12.8. The normalized spacial score (nSPS) is 18.3. The molecule has 0 aliphatic carbocycles. The zero-order chi connectivity index (χ0) is 13.9. The monoisotopic (exact) mass is 273 g/mol. The van der Waals surface area contributed by atoms with Crippen LogP contribution in [-0.4, -0.2) is 29.1 Å². The summed E-state index contributed by atoms with van der Waals surface area (Å²) in [6.45, 7) is 1.48. The third-order valence-electron chi connectivity index (χ3n) is 3.51. The maximum absolute atomic E-state index is 11.1. The van der Waals surface area contributed by atoms with Crippen molar-refractivity contribution in [2.75, 3.05) is 13.2 Å². The summed E-state index contributed by atoms with van der Waals surface area (Å²) in [6, 6.07) is 7.02. The molecule has 0 spiro atoms. The van der Waals surface area contributed by atoms with Gasteiger partial charge in [-0.2, -0.15) is 0 Å². The van der Waals surface area contributed by atoms with Gasteiger partial charge in [0.1, 0.15) is 12.0 Å². The quantitative estimate of drug-likeness (QED) is 0.683. The zero-order valence-electron chi connectivity index (χ0n) is 10.9. The van der Waals surface area contributed by atoms with Gasteiger partial charge in [0, 0.05) is 18.3 Å². The van der Waals surface area contributed by atoms with Gasteiger partial charge in [0.05, 0.1) is 4.92 Å². The van der Waals surface area contributed by atoms with Gasteiger partial charge in [0.15, 0.2) is 0 Å². The smallest absolute Gasteiger partial charge is 0.282 e. The minimum absolute atomic E-state index is 0.0324. The topological polar surface area (TPSA) is 77.3 Å². The first-order valence-electron chi connectivity index (χ1n) is 6.64. The minimum Gasteiger partial charge on any atom is -0.475 e. The maximum Gasteiger partial charge on any atom is 0.282 e. The number of ether oxygens (including phenoxy) is 1. The molecule has 0 radical (unpaired) electrons. The summed E-state index contributed by atoms with van der Waals surface area (Å²) in [5, 5.41) is 15.7. The predicted octanol–water partition coefficient (Wildman–Crippen LogP) is 2.27. The van der Waals surface area contributed by atoms with Crippen molar-refractivity contribution in [2.45, 2.75) is 18.9 Å². The van der Waals surface area contributed by atoms with Crippen molar-refractivity contribution in [3.8, 4) is 5.88 Å². The number of nitro groups is 1. The van der Waals surface area contributed by atoms with Crippen molar-refractivity contribution in [1.82, 2.24) is 10.3 Å². The SMILES string of the molecule is O=[N+]([O-])c1cccc2ccnc(OCC3CCCN3)c12. The second-order valence-corrected chi connectivity index (χ2v) is 4.85. The molecule has 1 aromatic heterocycles. The molecule has 3 rings (SSSR count). The fraction of sp³-hybridized carbons (Fsp3) is 0.357. The number of nitro benzene ring substituents is 1. The van der Waals surface area contributed by atoms with E-state index in [1.807, 2.05) is 6.07 Å². The van der Waals surface area contributed by atoms with Crippen molar-refractivity contribution >= 4 is 16.5 Å². The molecule has 1 aromatic carbocycles. The van der Waals surface area contributed by atoms with Crippen LogP contribution in [0.25, 0.3) is 10.8 Å². The molecule has 1 N–H and O–H groups in total. The van der Waals surface area contributed by atoms with Crippen LogP contribution in [0.5, 0.6) is 5.88 Å². The predicted molar refractivity (Wildman–Crippen MR) is 74.9 cm³/mol. The molecule has 20 heavy (non-hydrogen) atoms. The summed E-state index contributed by atoms with van der Waals surface area (Å²) in [5.74, 6) is 0.337. The lowest BCUT2D eigenvalue weighted by molar-refractivity contribution is -0.383. The van der Waals surface area contributed by atoms with Crippen molar-refractivity contribution in [1.29, 1.82) is 0 Å². The molecule has 0 bridgehead atoms. The van der Waals surface area contributed by atoms with Gasteiger partial charge in [-0.1, -0.05) is 12.1 Å². The van der Waals surface area contributed by atoms with Crippen molar-refractivity contribution in [3.63, 3.8) is 0 Å². The number of aromatic nitrogens is 1.